The minimum Gasteiger partial charge on any atom is -0.198 e. The minimum atomic E-state index is -4.55. The van der Waals surface area contributed by atoms with Crippen molar-refractivity contribution in [1.29, 1.82) is 0 Å². The Morgan fingerprint density at radius 1 is 1.00 bits per heavy atom. The standard InChI is InChI=1S/C9H6Cl2F4/c10-7-3-1-6(2-4-7)5-8(12,13)9(11,14)15/h1-4H,5H2. The summed E-state index contributed by atoms with van der Waals surface area (Å²) in [7, 11) is 0. The molecule has 0 N–H and O–H groups in total. The SMILES string of the molecule is FC(F)(Cl)C(F)(F)Cc1ccc(Cl)cc1. The molecule has 1 rings (SSSR count). The highest BCUT2D eigenvalue weighted by atomic mass is 35.5. The molecule has 0 aliphatic heterocycles. The van der Waals surface area contributed by atoms with Crippen molar-refractivity contribution < 1.29 is 17.6 Å². The summed E-state index contributed by atoms with van der Waals surface area (Å²) in [5, 5.41) is -4.20. The van der Waals surface area contributed by atoms with E-state index in [-0.39, 0.29) is 5.56 Å². The molecule has 0 unspecified atom stereocenters. The highest BCUT2D eigenvalue weighted by Crippen LogP contribution is 2.40. The van der Waals surface area contributed by atoms with Crippen LogP contribution in [-0.2, 0) is 6.42 Å². The summed E-state index contributed by atoms with van der Waals surface area (Å²) in [6, 6.07) is 5.19. The molecule has 0 aromatic heterocycles. The topological polar surface area (TPSA) is 0 Å². The third-order valence-corrected chi connectivity index (χ3v) is 2.28. The van der Waals surface area contributed by atoms with Crippen LogP contribution in [0.25, 0.3) is 0 Å². The van der Waals surface area contributed by atoms with Crippen molar-refractivity contribution >= 4 is 23.2 Å². The van der Waals surface area contributed by atoms with Gasteiger partial charge in [-0.05, 0) is 29.3 Å². The van der Waals surface area contributed by atoms with Gasteiger partial charge in [0.1, 0.15) is 0 Å². The van der Waals surface area contributed by atoms with Gasteiger partial charge in [-0.25, -0.2) is 0 Å². The van der Waals surface area contributed by atoms with Crippen LogP contribution in [0.2, 0.25) is 5.02 Å². The fraction of sp³-hybridized carbons (Fsp3) is 0.333. The van der Waals surface area contributed by atoms with E-state index < -0.39 is 17.7 Å². The van der Waals surface area contributed by atoms with Gasteiger partial charge in [0.2, 0.25) is 0 Å². The van der Waals surface area contributed by atoms with Gasteiger partial charge in [0.05, 0.1) is 0 Å². The maximum absolute atomic E-state index is 12.8. The largest absolute Gasteiger partial charge is 0.384 e. The Balaban J connectivity index is 2.82. The van der Waals surface area contributed by atoms with E-state index in [0.29, 0.717) is 5.02 Å². The average Bonchev–Trinajstić information content (AvgIpc) is 2.06. The lowest BCUT2D eigenvalue weighted by molar-refractivity contribution is -0.155. The summed E-state index contributed by atoms with van der Waals surface area (Å²) in [6.07, 6.45) is -1.12. The first kappa shape index (κ1) is 12.6. The number of hydrogen-bond donors (Lipinski definition) is 0. The molecule has 0 bridgehead atoms. The van der Waals surface area contributed by atoms with Crippen molar-refractivity contribution in [1.82, 2.24) is 0 Å². The molecular weight excluding hydrogens is 255 g/mol. The molecule has 0 aliphatic carbocycles. The van der Waals surface area contributed by atoms with E-state index in [2.05, 4.69) is 11.6 Å². The smallest absolute Gasteiger partial charge is 0.198 e. The molecule has 0 nitrogen and oxygen atoms in total. The Morgan fingerprint density at radius 2 is 1.47 bits per heavy atom. The zero-order chi connectivity index (χ0) is 11.7. The zero-order valence-corrected chi connectivity index (χ0v) is 8.80. The highest BCUT2D eigenvalue weighted by Gasteiger charge is 2.54. The first-order valence-electron chi connectivity index (χ1n) is 3.91. The summed E-state index contributed by atoms with van der Waals surface area (Å²) >= 11 is 9.81. The zero-order valence-electron chi connectivity index (χ0n) is 7.28. The Morgan fingerprint density at radius 3 is 1.87 bits per heavy atom. The van der Waals surface area contributed by atoms with Crippen molar-refractivity contribution in [3.8, 4) is 0 Å². The van der Waals surface area contributed by atoms with Crippen molar-refractivity contribution in [3.05, 3.63) is 34.9 Å². The van der Waals surface area contributed by atoms with Crippen LogP contribution < -0.4 is 0 Å². The number of halogens is 6. The molecule has 1 aromatic rings. The molecule has 1 aromatic carbocycles. The van der Waals surface area contributed by atoms with Crippen LogP contribution in [0.15, 0.2) is 24.3 Å². The van der Waals surface area contributed by atoms with E-state index in [4.69, 9.17) is 11.6 Å². The van der Waals surface area contributed by atoms with Crippen LogP contribution in [0, 0.1) is 0 Å². The molecular formula is C9H6Cl2F4. The highest BCUT2D eigenvalue weighted by molar-refractivity contribution is 6.30. The predicted octanol–water partition coefficient (Wildman–Crippen LogP) is 4.35. The van der Waals surface area contributed by atoms with Gasteiger partial charge < -0.3 is 0 Å². The molecule has 0 atom stereocenters. The number of alkyl halides is 5. The monoisotopic (exact) mass is 260 g/mol. The quantitative estimate of drug-likeness (QED) is 0.560. The predicted molar refractivity (Wildman–Crippen MR) is 50.9 cm³/mol. The first-order chi connectivity index (χ1) is 6.72. The van der Waals surface area contributed by atoms with Crippen molar-refractivity contribution in [3.63, 3.8) is 0 Å². The average molecular weight is 261 g/mol. The van der Waals surface area contributed by atoms with Gasteiger partial charge in [-0.1, -0.05) is 23.7 Å². The van der Waals surface area contributed by atoms with Gasteiger partial charge in [-0.3, -0.25) is 0 Å². The van der Waals surface area contributed by atoms with Crippen LogP contribution in [0.3, 0.4) is 0 Å². The second-order valence-corrected chi connectivity index (χ2v) is 3.92. The lowest BCUT2D eigenvalue weighted by Crippen LogP contribution is -2.37. The molecule has 0 heterocycles. The van der Waals surface area contributed by atoms with Gasteiger partial charge in [-0.15, -0.1) is 0 Å². The molecule has 6 heteroatoms. The Hall–Kier alpha value is -0.480. The summed E-state index contributed by atoms with van der Waals surface area (Å²) < 4.78 is 50.1. The lowest BCUT2D eigenvalue weighted by Gasteiger charge is -2.20. The van der Waals surface area contributed by atoms with Gasteiger partial charge in [0, 0.05) is 11.4 Å². The van der Waals surface area contributed by atoms with E-state index in [1.807, 2.05) is 0 Å². The molecule has 84 valence electrons. The third kappa shape index (κ3) is 3.24. The lowest BCUT2D eigenvalue weighted by atomic mass is 10.1. The van der Waals surface area contributed by atoms with Crippen molar-refractivity contribution in [2.24, 2.45) is 0 Å². The van der Waals surface area contributed by atoms with Crippen LogP contribution in [-0.4, -0.2) is 11.3 Å². The Bertz CT molecular complexity index is 329. The van der Waals surface area contributed by atoms with Crippen LogP contribution >= 0.6 is 23.2 Å². The van der Waals surface area contributed by atoms with Gasteiger partial charge in [0.15, 0.2) is 0 Å². The van der Waals surface area contributed by atoms with E-state index in [1.54, 1.807) is 0 Å². The van der Waals surface area contributed by atoms with Crippen LogP contribution in [0.1, 0.15) is 5.56 Å². The van der Waals surface area contributed by atoms with Gasteiger partial charge in [-0.2, -0.15) is 17.6 Å². The summed E-state index contributed by atoms with van der Waals surface area (Å²) in [6.45, 7) is 0. The third-order valence-electron chi connectivity index (χ3n) is 1.75. The molecule has 15 heavy (non-hydrogen) atoms. The molecule has 0 aliphatic rings. The van der Waals surface area contributed by atoms with Crippen molar-refractivity contribution in [2.45, 2.75) is 17.7 Å². The van der Waals surface area contributed by atoms with E-state index in [9.17, 15) is 17.6 Å². The van der Waals surface area contributed by atoms with E-state index >= 15 is 0 Å². The number of rotatable bonds is 3. The normalized spacial score (nSPS) is 12.9. The maximum Gasteiger partial charge on any atom is 0.384 e. The van der Waals surface area contributed by atoms with E-state index in [0.717, 1.165) is 0 Å². The molecule has 0 saturated carbocycles. The second kappa shape index (κ2) is 4.18. The summed E-state index contributed by atoms with van der Waals surface area (Å²) in [5.74, 6) is -4.28. The molecule has 0 spiro atoms. The molecule has 0 radical (unpaired) electrons. The van der Waals surface area contributed by atoms with Gasteiger partial charge in [0.25, 0.3) is 0 Å². The Kier molecular flexibility index (Phi) is 3.51. The van der Waals surface area contributed by atoms with E-state index in [1.165, 1.54) is 24.3 Å². The molecule has 0 fully saturated rings. The number of benzene rings is 1. The molecule has 0 saturated heterocycles. The summed E-state index contributed by atoms with van der Waals surface area (Å²) in [5.41, 5.74) is 0.0460. The van der Waals surface area contributed by atoms with Gasteiger partial charge >= 0.3 is 11.3 Å². The summed E-state index contributed by atoms with van der Waals surface area (Å²) in [4.78, 5) is 0. The maximum atomic E-state index is 12.8. The minimum absolute atomic E-state index is 0.0460. The first-order valence-corrected chi connectivity index (χ1v) is 4.67. The fourth-order valence-electron chi connectivity index (χ4n) is 0.959. The van der Waals surface area contributed by atoms with Crippen LogP contribution in [0.4, 0.5) is 17.6 Å². The number of hydrogen-bond acceptors (Lipinski definition) is 0. The van der Waals surface area contributed by atoms with Crippen LogP contribution in [0.5, 0.6) is 0 Å². The van der Waals surface area contributed by atoms with Crippen molar-refractivity contribution in [2.75, 3.05) is 0 Å². The molecule has 0 amide bonds. The second-order valence-electron chi connectivity index (χ2n) is 3.01. The Labute approximate surface area is 93.8 Å². The fourth-order valence-corrected chi connectivity index (χ4v) is 1.15.